The summed E-state index contributed by atoms with van der Waals surface area (Å²) >= 11 is 0. The van der Waals surface area contributed by atoms with Crippen LogP contribution in [0.15, 0.2) is 77.7 Å². The first-order valence-electron chi connectivity index (χ1n) is 30.2. The van der Waals surface area contributed by atoms with Crippen molar-refractivity contribution < 1.29 is 67.6 Å². The summed E-state index contributed by atoms with van der Waals surface area (Å²) in [4.78, 5) is 39.0. The molecule has 0 bridgehead atoms. The number of carbonyl (C=O) groups excluding carboxylic acids is 3. The van der Waals surface area contributed by atoms with Gasteiger partial charge in [-0.2, -0.15) is 0 Å². The number of esters is 1. The molecule has 3 aromatic rings. The van der Waals surface area contributed by atoms with Crippen LogP contribution in [0.2, 0.25) is 0 Å². The second-order valence-electron chi connectivity index (χ2n) is 24.5. The lowest BCUT2D eigenvalue weighted by Gasteiger charge is -2.58. The predicted octanol–water partition coefficient (Wildman–Crippen LogP) is 10.1. The Bertz CT molecular complexity index is 2850. The Morgan fingerprint density at radius 1 is 0.843 bits per heavy atom. The van der Waals surface area contributed by atoms with Crippen molar-refractivity contribution in [3.8, 4) is 23.0 Å². The third-order valence-electron chi connectivity index (χ3n) is 19.3. The fourth-order valence-electron chi connectivity index (χ4n) is 14.8. The maximum atomic E-state index is 13.6. The van der Waals surface area contributed by atoms with Crippen LogP contribution in [0.4, 0.5) is 0 Å². The lowest BCUT2D eigenvalue weighted by molar-refractivity contribution is -0.272. The van der Waals surface area contributed by atoms with Gasteiger partial charge < -0.3 is 58.5 Å². The van der Waals surface area contributed by atoms with Crippen molar-refractivity contribution in [3.05, 3.63) is 94.5 Å². The van der Waals surface area contributed by atoms with Gasteiger partial charge in [-0.05, 0) is 146 Å². The number of hydrogen-bond acceptors (Lipinski definition) is 16. The first-order chi connectivity index (χ1) is 40.0. The molecule has 9 rings (SSSR count). The lowest BCUT2D eigenvalue weighted by Crippen LogP contribution is -2.52. The number of carbonyl (C=O) groups is 3. The van der Waals surface area contributed by atoms with E-state index in [2.05, 4.69) is 49.4 Å². The van der Waals surface area contributed by atoms with Gasteiger partial charge in [0, 0.05) is 56.5 Å². The third-order valence-corrected chi connectivity index (χ3v) is 19.3. The Kier molecular flexibility index (Phi) is 20.6. The predicted molar refractivity (Wildman–Crippen MR) is 311 cm³/mol. The molecule has 11 atom stereocenters. The van der Waals surface area contributed by atoms with Gasteiger partial charge in [0.25, 0.3) is 0 Å². The number of amides is 1. The van der Waals surface area contributed by atoms with E-state index in [4.69, 9.17) is 37.9 Å². The summed E-state index contributed by atoms with van der Waals surface area (Å²) in [6.45, 7) is 13.1. The summed E-state index contributed by atoms with van der Waals surface area (Å²) in [6.07, 6.45) is 22.6. The first-order valence-corrected chi connectivity index (χ1v) is 30.2. The van der Waals surface area contributed by atoms with Crippen LogP contribution < -0.4 is 14.8 Å². The molecule has 1 aromatic heterocycles. The molecule has 3 heterocycles. The zero-order valence-electron chi connectivity index (χ0n) is 49.5. The number of aryl methyl sites for hydroxylation is 1. The van der Waals surface area contributed by atoms with Crippen LogP contribution in [0.3, 0.4) is 0 Å². The summed E-state index contributed by atoms with van der Waals surface area (Å²) < 4.78 is 48.4. The lowest BCUT2D eigenvalue weighted by atomic mass is 9.47. The minimum atomic E-state index is -0.469. The van der Waals surface area contributed by atoms with Gasteiger partial charge in [0.2, 0.25) is 5.91 Å². The van der Waals surface area contributed by atoms with Gasteiger partial charge in [-0.1, -0.05) is 75.3 Å². The van der Waals surface area contributed by atoms with E-state index in [1.54, 1.807) is 47.3 Å². The van der Waals surface area contributed by atoms with E-state index in [1.807, 2.05) is 0 Å². The number of ketones is 1. The maximum absolute atomic E-state index is 13.6. The van der Waals surface area contributed by atoms with Crippen molar-refractivity contribution in [2.24, 2.45) is 46.3 Å². The van der Waals surface area contributed by atoms with Gasteiger partial charge in [0.15, 0.2) is 34.6 Å². The molecule has 452 valence electrons. The summed E-state index contributed by atoms with van der Waals surface area (Å²) in [5.41, 5.74) is 3.69. The number of phenolic OH excluding ortho intramolecular Hbond substituents is 2. The number of rotatable bonds is 27. The molecule has 18 heteroatoms. The van der Waals surface area contributed by atoms with Gasteiger partial charge in [-0.15, -0.1) is 5.10 Å². The highest BCUT2D eigenvalue weighted by atomic mass is 16.7. The summed E-state index contributed by atoms with van der Waals surface area (Å²) in [5.74, 6) is 2.53. The SMILES string of the molecule is COc1cc(/C=C/C(=O)C(Cc2cn(CCCCCC(=O)NCCOCCOCCOCC(=O)O[C@H]3CC[C@@]4(C)C(=CC[C@H]5[C@@H]6C[C@@H]7O[C@]8(CC[C@@H](C)CO8)[C@@H](C)[C@@H]7[C@@]6(C)CC[C@@H]54)C3)nn2)=C(O)/C=C/c2ccc(O)c(OC)c2)ccc1O. The first kappa shape index (κ1) is 61.5. The van der Waals surface area contributed by atoms with E-state index < -0.39 is 5.78 Å². The van der Waals surface area contributed by atoms with Crippen molar-refractivity contribution in [1.29, 1.82) is 0 Å². The molecule has 2 aromatic carbocycles. The van der Waals surface area contributed by atoms with Crippen molar-refractivity contribution in [3.63, 3.8) is 0 Å². The molecule has 2 aliphatic heterocycles. The Morgan fingerprint density at radius 2 is 1.55 bits per heavy atom. The van der Waals surface area contributed by atoms with Crippen molar-refractivity contribution in [2.45, 2.75) is 142 Å². The number of aliphatic hydroxyl groups excluding tert-OH is 1. The number of methoxy groups -OCH3 is 2. The number of hydrogen-bond donors (Lipinski definition) is 4. The molecular formula is C65H88N4O14. The highest BCUT2D eigenvalue weighted by molar-refractivity contribution is 6.07. The highest BCUT2D eigenvalue weighted by Crippen LogP contribution is 2.70. The summed E-state index contributed by atoms with van der Waals surface area (Å²) in [7, 11) is 2.87. The monoisotopic (exact) mass is 1150 g/mol. The molecule has 4 N–H and O–H groups in total. The number of unbranched alkanes of at least 4 members (excludes halogenated alkanes) is 2. The minimum Gasteiger partial charge on any atom is -0.508 e. The smallest absolute Gasteiger partial charge is 0.332 e. The van der Waals surface area contributed by atoms with E-state index in [0.29, 0.717) is 111 Å². The Labute approximate surface area is 488 Å². The number of fused-ring (bicyclic) bond motifs is 7. The van der Waals surface area contributed by atoms with Crippen LogP contribution >= 0.6 is 0 Å². The van der Waals surface area contributed by atoms with Crippen LogP contribution in [0.5, 0.6) is 23.0 Å². The van der Waals surface area contributed by atoms with E-state index in [1.165, 1.54) is 63.3 Å². The van der Waals surface area contributed by atoms with E-state index in [9.17, 15) is 29.7 Å². The maximum Gasteiger partial charge on any atom is 0.332 e. The van der Waals surface area contributed by atoms with E-state index in [0.717, 1.165) is 58.0 Å². The molecule has 0 unspecified atom stereocenters. The minimum absolute atomic E-state index is 0.0155. The van der Waals surface area contributed by atoms with Gasteiger partial charge in [-0.25, -0.2) is 4.79 Å². The largest absolute Gasteiger partial charge is 0.508 e. The number of nitrogens with one attached hydrogen (secondary N) is 1. The van der Waals surface area contributed by atoms with E-state index >= 15 is 0 Å². The number of nitrogens with zero attached hydrogens (tertiary/aromatic N) is 3. The fourth-order valence-corrected chi connectivity index (χ4v) is 14.8. The molecule has 1 amide bonds. The molecule has 6 aliphatic rings. The van der Waals surface area contributed by atoms with Crippen molar-refractivity contribution >= 4 is 29.8 Å². The van der Waals surface area contributed by atoms with Crippen LogP contribution in [0.1, 0.15) is 128 Å². The van der Waals surface area contributed by atoms with Gasteiger partial charge in [0.05, 0.1) is 65.7 Å². The topological polar surface area (TPSA) is 228 Å². The number of ether oxygens (including phenoxy) is 8. The van der Waals surface area contributed by atoms with Gasteiger partial charge in [0.1, 0.15) is 18.5 Å². The average Bonchev–Trinajstić information content (AvgIpc) is 1.98. The van der Waals surface area contributed by atoms with Crippen molar-refractivity contribution in [2.75, 3.05) is 67.0 Å². The van der Waals surface area contributed by atoms with Gasteiger partial charge in [-0.3, -0.25) is 14.3 Å². The van der Waals surface area contributed by atoms with Gasteiger partial charge >= 0.3 is 5.97 Å². The second-order valence-corrected chi connectivity index (χ2v) is 24.5. The third kappa shape index (κ3) is 14.6. The van der Waals surface area contributed by atoms with Crippen LogP contribution in [0.25, 0.3) is 12.2 Å². The highest BCUT2D eigenvalue weighted by Gasteiger charge is 2.68. The Morgan fingerprint density at radius 3 is 2.27 bits per heavy atom. The number of aromatic hydroxyl groups is 2. The molecule has 4 aliphatic carbocycles. The molecule has 1 spiro atoms. The van der Waals surface area contributed by atoms with E-state index in [-0.39, 0.29) is 88.6 Å². The zero-order chi connectivity index (χ0) is 58.7. The Balaban J connectivity index is 0.604. The number of aliphatic hydroxyl groups is 1. The summed E-state index contributed by atoms with van der Waals surface area (Å²) in [6, 6.07) is 9.38. The molecule has 83 heavy (non-hydrogen) atoms. The summed E-state index contributed by atoms with van der Waals surface area (Å²) in [5, 5.41) is 42.5. The molecule has 18 nitrogen and oxygen atoms in total. The quantitative estimate of drug-likeness (QED) is 0.0139. The molecule has 5 fully saturated rings. The fraction of sp³-hybridized carbons (Fsp3) is 0.615. The van der Waals surface area contributed by atoms with Crippen LogP contribution in [-0.2, 0) is 55.8 Å². The number of aromatic nitrogens is 3. The van der Waals surface area contributed by atoms with Crippen molar-refractivity contribution in [1.82, 2.24) is 20.3 Å². The number of benzene rings is 2. The zero-order valence-corrected chi connectivity index (χ0v) is 49.5. The van der Waals surface area contributed by atoms with Crippen LogP contribution in [-0.4, -0.2) is 133 Å². The molecule has 2 saturated heterocycles. The Hall–Kier alpha value is -6.05. The molecule has 3 saturated carbocycles. The second kappa shape index (κ2) is 27.8. The number of phenols is 2. The standard InChI is InChI=1S/C65H88N4O14/c1-42-21-26-65(81-40-42)43(2)62-59(83-65)38-52-49-16-15-46-36-48(22-24-63(46,3)51(49)23-25-64(52,62)4)82-61(75)41-80-33-32-79-31-30-78-29-27-66-60(74)10-8-7-9-28-69-39-47(67-68-69)37-50(53(70)17-11-44-13-19-55(72)57(34-44)76-5)54(71)18-12-45-14-20-56(73)58(35-45)77-6/h11-15,17-20,34-35,39,42-43,48-49,51-52,59,62,70,72-73H,7-10,16,21-33,36-38,40-41H2,1-6H3,(H,66,74)/b17-11+,18-12+,53-50?/t42-,43+,48+,49-,51+,52+,59+,62+,63+,64+,65-/m1/s1. The average molecular weight is 1150 g/mol. The molecular weight excluding hydrogens is 1060 g/mol. The normalized spacial score (nSPS) is 29.4. The van der Waals surface area contributed by atoms with Crippen LogP contribution in [0, 0.1) is 46.3 Å². The molecule has 0 radical (unpaired) electrons. The number of allylic oxidation sites excluding steroid dienone is 4.